The van der Waals surface area contributed by atoms with E-state index in [2.05, 4.69) is 47.2 Å². The molecule has 0 saturated heterocycles. The zero-order valence-electron chi connectivity index (χ0n) is 11.0. The van der Waals surface area contributed by atoms with Gasteiger partial charge in [-0.05, 0) is 54.9 Å². The number of nitrogens with zero attached hydrogens (tertiary/aromatic N) is 2. The highest BCUT2D eigenvalue weighted by Gasteiger charge is 2.08. The first kappa shape index (κ1) is 12.1. The molecule has 0 aliphatic rings. The SMILES string of the molecule is CCc1cccc(-n2c(=S)[nH]c3cc(C)cnc32)c1. The summed E-state index contributed by atoms with van der Waals surface area (Å²) in [6, 6.07) is 10.5. The van der Waals surface area contributed by atoms with Gasteiger partial charge in [0, 0.05) is 6.20 Å². The molecule has 0 atom stereocenters. The van der Waals surface area contributed by atoms with Gasteiger partial charge < -0.3 is 4.98 Å². The van der Waals surface area contributed by atoms with Gasteiger partial charge in [0.1, 0.15) is 0 Å². The number of fused-ring (bicyclic) bond motifs is 1. The minimum absolute atomic E-state index is 0.682. The van der Waals surface area contributed by atoms with E-state index in [1.54, 1.807) is 0 Å². The van der Waals surface area contributed by atoms with Crippen molar-refractivity contribution in [3.8, 4) is 5.69 Å². The average Bonchev–Trinajstić information content (AvgIpc) is 2.73. The summed E-state index contributed by atoms with van der Waals surface area (Å²) in [6.07, 6.45) is 2.88. The summed E-state index contributed by atoms with van der Waals surface area (Å²) in [6.45, 7) is 4.17. The molecule has 96 valence electrons. The summed E-state index contributed by atoms with van der Waals surface area (Å²) in [7, 11) is 0. The third-order valence-electron chi connectivity index (χ3n) is 3.24. The van der Waals surface area contributed by atoms with Gasteiger partial charge in [0.15, 0.2) is 10.4 Å². The molecule has 1 aromatic carbocycles. The molecule has 3 rings (SSSR count). The Labute approximate surface area is 116 Å². The number of benzene rings is 1. The molecule has 19 heavy (non-hydrogen) atoms. The number of aromatic amines is 1. The highest BCUT2D eigenvalue weighted by molar-refractivity contribution is 7.71. The Balaban J connectivity index is 2.29. The lowest BCUT2D eigenvalue weighted by atomic mass is 10.1. The number of pyridine rings is 1. The molecule has 0 aliphatic carbocycles. The van der Waals surface area contributed by atoms with Crippen LogP contribution in [-0.2, 0) is 6.42 Å². The normalized spacial score (nSPS) is 11.1. The predicted octanol–water partition coefficient (Wildman–Crippen LogP) is 3.95. The maximum absolute atomic E-state index is 5.43. The van der Waals surface area contributed by atoms with Crippen molar-refractivity contribution in [2.24, 2.45) is 0 Å². The second-order valence-corrected chi connectivity index (χ2v) is 5.06. The summed E-state index contributed by atoms with van der Waals surface area (Å²) < 4.78 is 2.67. The summed E-state index contributed by atoms with van der Waals surface area (Å²) in [5.74, 6) is 0. The smallest absolute Gasteiger partial charge is 0.183 e. The number of H-pyrrole nitrogens is 1. The van der Waals surface area contributed by atoms with E-state index in [9.17, 15) is 0 Å². The third kappa shape index (κ3) is 2.08. The first-order valence-electron chi connectivity index (χ1n) is 6.35. The van der Waals surface area contributed by atoms with E-state index >= 15 is 0 Å². The molecule has 0 amide bonds. The topological polar surface area (TPSA) is 33.6 Å². The molecule has 0 unspecified atom stereocenters. The maximum Gasteiger partial charge on any atom is 0.183 e. The van der Waals surface area contributed by atoms with Crippen LogP contribution < -0.4 is 0 Å². The molecule has 0 fully saturated rings. The number of aromatic nitrogens is 3. The minimum atomic E-state index is 0.682. The van der Waals surface area contributed by atoms with Gasteiger partial charge in [-0.25, -0.2) is 4.98 Å². The summed E-state index contributed by atoms with van der Waals surface area (Å²) in [4.78, 5) is 7.72. The highest BCUT2D eigenvalue weighted by atomic mass is 32.1. The number of rotatable bonds is 2. The molecule has 4 heteroatoms. The van der Waals surface area contributed by atoms with Gasteiger partial charge in [-0.2, -0.15) is 0 Å². The highest BCUT2D eigenvalue weighted by Crippen LogP contribution is 2.19. The lowest BCUT2D eigenvalue weighted by Crippen LogP contribution is -1.96. The first-order valence-corrected chi connectivity index (χ1v) is 6.76. The predicted molar refractivity (Wildman–Crippen MR) is 80.4 cm³/mol. The summed E-state index contributed by atoms with van der Waals surface area (Å²) in [5.41, 5.74) is 5.33. The van der Waals surface area contributed by atoms with Gasteiger partial charge in [0.2, 0.25) is 0 Å². The molecule has 3 aromatic rings. The van der Waals surface area contributed by atoms with Crippen molar-refractivity contribution >= 4 is 23.4 Å². The molecule has 2 aromatic heterocycles. The van der Waals surface area contributed by atoms with Crippen molar-refractivity contribution in [2.75, 3.05) is 0 Å². The zero-order valence-corrected chi connectivity index (χ0v) is 11.8. The Bertz CT molecular complexity index is 799. The molecular formula is C15H15N3S. The fraction of sp³-hybridized carbons (Fsp3) is 0.200. The second-order valence-electron chi connectivity index (χ2n) is 4.67. The van der Waals surface area contributed by atoms with Crippen LogP contribution in [0.2, 0.25) is 0 Å². The quantitative estimate of drug-likeness (QED) is 0.715. The van der Waals surface area contributed by atoms with E-state index in [0.29, 0.717) is 4.77 Å². The van der Waals surface area contributed by atoms with E-state index in [-0.39, 0.29) is 0 Å². The minimum Gasteiger partial charge on any atom is -0.329 e. The number of hydrogen-bond donors (Lipinski definition) is 1. The zero-order chi connectivity index (χ0) is 13.4. The van der Waals surface area contributed by atoms with Gasteiger partial charge in [-0.3, -0.25) is 4.57 Å². The Kier molecular flexibility index (Phi) is 2.95. The van der Waals surface area contributed by atoms with Gasteiger partial charge in [-0.15, -0.1) is 0 Å². The molecule has 1 N–H and O–H groups in total. The van der Waals surface area contributed by atoms with E-state index < -0.39 is 0 Å². The molecule has 0 spiro atoms. The van der Waals surface area contributed by atoms with Crippen LogP contribution in [0.25, 0.3) is 16.9 Å². The molecule has 0 radical (unpaired) electrons. The number of aryl methyl sites for hydroxylation is 2. The van der Waals surface area contributed by atoms with Gasteiger partial charge in [0.25, 0.3) is 0 Å². The monoisotopic (exact) mass is 269 g/mol. The summed E-state index contributed by atoms with van der Waals surface area (Å²) in [5, 5.41) is 0. The van der Waals surface area contributed by atoms with Gasteiger partial charge in [0.05, 0.1) is 11.2 Å². The summed E-state index contributed by atoms with van der Waals surface area (Å²) >= 11 is 5.43. The molecule has 3 nitrogen and oxygen atoms in total. The van der Waals surface area contributed by atoms with Gasteiger partial charge in [-0.1, -0.05) is 19.1 Å². The Morgan fingerprint density at radius 3 is 2.95 bits per heavy atom. The van der Waals surface area contributed by atoms with Crippen LogP contribution in [0, 0.1) is 11.7 Å². The van der Waals surface area contributed by atoms with E-state index in [1.165, 1.54) is 5.56 Å². The lowest BCUT2D eigenvalue weighted by Gasteiger charge is -2.05. The Morgan fingerprint density at radius 1 is 1.32 bits per heavy atom. The van der Waals surface area contributed by atoms with Crippen molar-refractivity contribution in [3.63, 3.8) is 0 Å². The average molecular weight is 269 g/mol. The van der Waals surface area contributed by atoms with Crippen molar-refractivity contribution in [3.05, 3.63) is 52.4 Å². The maximum atomic E-state index is 5.43. The number of imidazole rings is 1. The van der Waals surface area contributed by atoms with E-state index in [1.807, 2.05) is 17.7 Å². The van der Waals surface area contributed by atoms with Crippen LogP contribution in [0.3, 0.4) is 0 Å². The third-order valence-corrected chi connectivity index (χ3v) is 3.52. The number of nitrogens with one attached hydrogen (secondary N) is 1. The van der Waals surface area contributed by atoms with E-state index in [0.717, 1.165) is 28.8 Å². The van der Waals surface area contributed by atoms with Crippen LogP contribution >= 0.6 is 12.2 Å². The van der Waals surface area contributed by atoms with Crippen molar-refractivity contribution in [2.45, 2.75) is 20.3 Å². The molecule has 0 bridgehead atoms. The first-order chi connectivity index (χ1) is 9.19. The largest absolute Gasteiger partial charge is 0.329 e. The van der Waals surface area contributed by atoms with Crippen LogP contribution in [0.5, 0.6) is 0 Å². The molecule has 0 aliphatic heterocycles. The fourth-order valence-electron chi connectivity index (χ4n) is 2.25. The van der Waals surface area contributed by atoms with Crippen LogP contribution in [-0.4, -0.2) is 14.5 Å². The van der Waals surface area contributed by atoms with Crippen molar-refractivity contribution in [1.82, 2.24) is 14.5 Å². The van der Waals surface area contributed by atoms with Gasteiger partial charge >= 0.3 is 0 Å². The van der Waals surface area contributed by atoms with Crippen molar-refractivity contribution in [1.29, 1.82) is 0 Å². The van der Waals surface area contributed by atoms with Crippen LogP contribution in [0.1, 0.15) is 18.1 Å². The molecular weight excluding hydrogens is 254 g/mol. The second kappa shape index (κ2) is 4.63. The fourth-order valence-corrected chi connectivity index (χ4v) is 2.56. The van der Waals surface area contributed by atoms with E-state index in [4.69, 9.17) is 12.2 Å². The lowest BCUT2D eigenvalue weighted by molar-refractivity contribution is 1.03. The van der Waals surface area contributed by atoms with Crippen molar-refractivity contribution < 1.29 is 0 Å². The van der Waals surface area contributed by atoms with Crippen LogP contribution in [0.4, 0.5) is 0 Å². The molecule has 0 saturated carbocycles. The Hall–Kier alpha value is -1.94. The van der Waals surface area contributed by atoms with Crippen LogP contribution in [0.15, 0.2) is 36.5 Å². The number of hydrogen-bond acceptors (Lipinski definition) is 2. The molecule has 2 heterocycles. The Morgan fingerprint density at radius 2 is 2.16 bits per heavy atom. The standard InChI is InChI=1S/C15H15N3S/c1-3-11-5-4-6-12(8-11)18-14-13(17-15(18)19)7-10(2)9-16-14/h4-9H,3H2,1-2H3,(H,17,19).